The Kier molecular flexibility index (Phi) is 5.71. The fourth-order valence-electron chi connectivity index (χ4n) is 2.73. The predicted octanol–water partition coefficient (Wildman–Crippen LogP) is 4.13. The topological polar surface area (TPSA) is 62.1 Å². The van der Waals surface area contributed by atoms with Crippen LogP contribution in [0.15, 0.2) is 16.6 Å². The van der Waals surface area contributed by atoms with Crippen LogP contribution in [-0.4, -0.2) is 18.1 Å². The smallest absolute Gasteiger partial charge is 0.259 e. The second kappa shape index (κ2) is 7.34. The molecule has 4 nitrogen and oxygen atoms in total. The molecule has 0 bridgehead atoms. The molecule has 1 aromatic rings. The number of benzene rings is 1. The summed E-state index contributed by atoms with van der Waals surface area (Å²) in [5, 5.41) is 12.6. The van der Waals surface area contributed by atoms with E-state index >= 15 is 0 Å². The largest absolute Gasteiger partial charge is 0.482 e. The zero-order chi connectivity index (χ0) is 16.2. The van der Waals surface area contributed by atoms with Gasteiger partial charge in [0, 0.05) is 4.47 Å². The summed E-state index contributed by atoms with van der Waals surface area (Å²) in [7, 11) is 0. The Morgan fingerprint density at radius 1 is 1.45 bits per heavy atom. The van der Waals surface area contributed by atoms with Crippen molar-refractivity contribution in [2.45, 2.75) is 44.6 Å². The predicted molar refractivity (Wildman–Crippen MR) is 89.0 cm³/mol. The maximum absolute atomic E-state index is 12.1. The molecule has 0 aliphatic heterocycles. The summed E-state index contributed by atoms with van der Waals surface area (Å²) in [6.07, 6.45) is 4.45. The van der Waals surface area contributed by atoms with Crippen LogP contribution in [0.5, 0.6) is 5.75 Å². The van der Waals surface area contributed by atoms with Gasteiger partial charge in [0.15, 0.2) is 6.61 Å². The van der Waals surface area contributed by atoms with Gasteiger partial charge < -0.3 is 10.1 Å². The van der Waals surface area contributed by atoms with Crippen LogP contribution in [0.1, 0.15) is 37.7 Å². The van der Waals surface area contributed by atoms with E-state index in [0.717, 1.165) is 29.3 Å². The van der Waals surface area contributed by atoms with Crippen molar-refractivity contribution in [3.8, 4) is 11.8 Å². The number of aryl methyl sites for hydroxylation is 1. The highest BCUT2D eigenvalue weighted by atomic mass is 79.9. The SMILES string of the molecule is Cc1cc(Br)cc(Cl)c1OCC(=O)NC1(C#N)CCCCC1. The highest BCUT2D eigenvalue weighted by Gasteiger charge is 2.33. The molecule has 22 heavy (non-hydrogen) atoms. The van der Waals surface area contributed by atoms with Crippen LogP contribution in [0, 0.1) is 18.3 Å². The van der Waals surface area contributed by atoms with Crippen molar-refractivity contribution in [2.75, 3.05) is 6.61 Å². The number of ether oxygens (including phenoxy) is 1. The minimum atomic E-state index is -0.739. The van der Waals surface area contributed by atoms with Gasteiger partial charge in [-0.2, -0.15) is 5.26 Å². The van der Waals surface area contributed by atoms with Crippen LogP contribution in [-0.2, 0) is 4.79 Å². The Bertz CT molecular complexity index is 584. The van der Waals surface area contributed by atoms with E-state index in [9.17, 15) is 10.1 Å². The van der Waals surface area contributed by atoms with Gasteiger partial charge >= 0.3 is 0 Å². The first-order chi connectivity index (χ1) is 10.5. The van der Waals surface area contributed by atoms with Crippen LogP contribution >= 0.6 is 27.5 Å². The molecule has 0 spiro atoms. The van der Waals surface area contributed by atoms with Gasteiger partial charge in [0.25, 0.3) is 5.91 Å². The number of hydrogen-bond acceptors (Lipinski definition) is 3. The summed E-state index contributed by atoms with van der Waals surface area (Å²) in [4.78, 5) is 12.1. The molecule has 1 saturated carbocycles. The first-order valence-corrected chi connectivity index (χ1v) is 8.43. The number of hydrogen-bond donors (Lipinski definition) is 1. The zero-order valence-corrected chi connectivity index (χ0v) is 14.8. The average Bonchev–Trinajstić information content (AvgIpc) is 2.47. The summed E-state index contributed by atoms with van der Waals surface area (Å²) in [6, 6.07) is 5.85. The van der Waals surface area contributed by atoms with Gasteiger partial charge in [-0.15, -0.1) is 0 Å². The fraction of sp³-hybridized carbons (Fsp3) is 0.500. The van der Waals surface area contributed by atoms with Crippen molar-refractivity contribution in [1.82, 2.24) is 5.32 Å². The zero-order valence-electron chi connectivity index (χ0n) is 12.4. The molecule has 0 aromatic heterocycles. The Hall–Kier alpha value is -1.25. The molecule has 0 radical (unpaired) electrons. The maximum Gasteiger partial charge on any atom is 0.259 e. The minimum Gasteiger partial charge on any atom is -0.482 e. The van der Waals surface area contributed by atoms with Crippen molar-refractivity contribution in [3.63, 3.8) is 0 Å². The highest BCUT2D eigenvalue weighted by Crippen LogP contribution is 2.32. The second-order valence-electron chi connectivity index (χ2n) is 5.63. The molecule has 2 rings (SSSR count). The lowest BCUT2D eigenvalue weighted by atomic mass is 9.83. The summed E-state index contributed by atoms with van der Waals surface area (Å²) in [6.45, 7) is 1.72. The molecule has 0 saturated heterocycles. The van der Waals surface area contributed by atoms with E-state index in [-0.39, 0.29) is 12.5 Å². The van der Waals surface area contributed by atoms with E-state index in [1.165, 1.54) is 0 Å². The molecule has 1 N–H and O–H groups in total. The first kappa shape index (κ1) is 17.1. The van der Waals surface area contributed by atoms with Crippen LogP contribution < -0.4 is 10.1 Å². The summed E-state index contributed by atoms with van der Waals surface area (Å²) >= 11 is 9.48. The van der Waals surface area contributed by atoms with E-state index in [0.29, 0.717) is 23.6 Å². The Balaban J connectivity index is 1.97. The van der Waals surface area contributed by atoms with Gasteiger partial charge in [0.05, 0.1) is 11.1 Å². The van der Waals surface area contributed by atoms with Crippen molar-refractivity contribution in [2.24, 2.45) is 0 Å². The number of nitriles is 1. The highest BCUT2D eigenvalue weighted by molar-refractivity contribution is 9.10. The number of rotatable bonds is 4. The lowest BCUT2D eigenvalue weighted by Gasteiger charge is -2.31. The Morgan fingerprint density at radius 3 is 2.73 bits per heavy atom. The third-order valence-corrected chi connectivity index (χ3v) is 4.58. The molecule has 0 atom stereocenters. The molecule has 0 unspecified atom stereocenters. The molecule has 0 heterocycles. The number of carbonyl (C=O) groups excluding carboxylic acids is 1. The van der Waals surface area contributed by atoms with Gasteiger partial charge in [-0.25, -0.2) is 0 Å². The van der Waals surface area contributed by atoms with E-state index in [1.54, 1.807) is 6.07 Å². The molecule has 118 valence electrons. The molecule has 1 aliphatic rings. The fourth-order valence-corrected chi connectivity index (χ4v) is 3.76. The summed E-state index contributed by atoms with van der Waals surface area (Å²) < 4.78 is 6.40. The van der Waals surface area contributed by atoms with Gasteiger partial charge in [-0.3, -0.25) is 4.79 Å². The average molecular weight is 386 g/mol. The third-order valence-electron chi connectivity index (χ3n) is 3.84. The number of nitrogens with zero attached hydrogens (tertiary/aromatic N) is 1. The maximum atomic E-state index is 12.1. The standard InChI is InChI=1S/C16H18BrClN2O2/c1-11-7-12(17)8-13(18)15(11)22-9-14(21)20-16(10-19)5-3-2-4-6-16/h7-8H,2-6,9H2,1H3,(H,20,21). The Morgan fingerprint density at radius 2 is 2.14 bits per heavy atom. The quantitative estimate of drug-likeness (QED) is 0.847. The monoisotopic (exact) mass is 384 g/mol. The van der Waals surface area contributed by atoms with E-state index in [2.05, 4.69) is 27.3 Å². The van der Waals surface area contributed by atoms with Gasteiger partial charge in [-0.05, 0) is 37.5 Å². The number of halogens is 2. The van der Waals surface area contributed by atoms with Crippen molar-refractivity contribution >= 4 is 33.4 Å². The van der Waals surface area contributed by atoms with Crippen LogP contribution in [0.4, 0.5) is 0 Å². The molecular formula is C16H18BrClN2O2. The van der Waals surface area contributed by atoms with Crippen molar-refractivity contribution in [1.29, 1.82) is 5.26 Å². The summed E-state index contributed by atoms with van der Waals surface area (Å²) in [5.74, 6) is 0.205. The van der Waals surface area contributed by atoms with Gasteiger partial charge in [0.1, 0.15) is 11.3 Å². The molecular weight excluding hydrogens is 368 g/mol. The van der Waals surface area contributed by atoms with Gasteiger partial charge in [0.2, 0.25) is 0 Å². The second-order valence-corrected chi connectivity index (χ2v) is 6.95. The van der Waals surface area contributed by atoms with Crippen LogP contribution in [0.3, 0.4) is 0 Å². The lowest BCUT2D eigenvalue weighted by Crippen LogP contribution is -2.50. The normalized spacial score (nSPS) is 16.6. The minimum absolute atomic E-state index is 0.147. The molecule has 1 aliphatic carbocycles. The van der Waals surface area contributed by atoms with Gasteiger partial charge in [-0.1, -0.05) is 46.8 Å². The van der Waals surface area contributed by atoms with Crippen LogP contribution in [0.2, 0.25) is 5.02 Å². The van der Waals surface area contributed by atoms with E-state index < -0.39 is 5.54 Å². The summed E-state index contributed by atoms with van der Waals surface area (Å²) in [5.41, 5.74) is 0.108. The molecule has 1 amide bonds. The molecule has 6 heteroatoms. The van der Waals surface area contributed by atoms with E-state index in [1.807, 2.05) is 13.0 Å². The number of nitrogens with one attached hydrogen (secondary N) is 1. The van der Waals surface area contributed by atoms with Crippen molar-refractivity contribution in [3.05, 3.63) is 27.2 Å². The number of carbonyl (C=O) groups is 1. The lowest BCUT2D eigenvalue weighted by molar-refractivity contribution is -0.124. The van der Waals surface area contributed by atoms with Crippen LogP contribution in [0.25, 0.3) is 0 Å². The molecule has 1 fully saturated rings. The first-order valence-electron chi connectivity index (χ1n) is 7.26. The molecule has 1 aromatic carbocycles. The third kappa shape index (κ3) is 4.15. The van der Waals surface area contributed by atoms with Crippen molar-refractivity contribution < 1.29 is 9.53 Å². The number of amides is 1. The van der Waals surface area contributed by atoms with E-state index in [4.69, 9.17) is 16.3 Å². The Labute approximate surface area is 143 Å².